The summed E-state index contributed by atoms with van der Waals surface area (Å²) in [5.74, 6) is 0.928. The molecule has 3 atom stereocenters. The molecule has 4 nitrogen and oxygen atoms in total. The van der Waals surface area contributed by atoms with Gasteiger partial charge in [0.05, 0.1) is 12.2 Å². The number of hydrogen-bond donors (Lipinski definition) is 3. The molecule has 2 aliphatic carbocycles. The fourth-order valence-corrected chi connectivity index (χ4v) is 5.16. The van der Waals surface area contributed by atoms with E-state index in [9.17, 15) is 15.0 Å². The molecule has 0 aromatic heterocycles. The van der Waals surface area contributed by atoms with E-state index in [1.54, 1.807) is 0 Å². The van der Waals surface area contributed by atoms with Crippen LogP contribution in [-0.4, -0.2) is 39.2 Å². The van der Waals surface area contributed by atoms with Gasteiger partial charge in [-0.25, -0.2) is 0 Å². The first kappa shape index (κ1) is 22.5. The Morgan fingerprint density at radius 2 is 2.00 bits per heavy atom. The van der Waals surface area contributed by atoms with Gasteiger partial charge in [-0.1, -0.05) is 50.3 Å². The van der Waals surface area contributed by atoms with Crippen LogP contribution in [0.15, 0.2) is 22.6 Å². The number of carboxylic acid groups (broad SMARTS) is 1. The van der Waals surface area contributed by atoms with E-state index in [1.165, 1.54) is 23.3 Å². The second kappa shape index (κ2) is 11.9. The van der Waals surface area contributed by atoms with Crippen molar-refractivity contribution in [3.8, 4) is 0 Å². The molecule has 0 heterocycles. The maximum atomic E-state index is 10.6. The lowest BCUT2D eigenvalue weighted by atomic mass is 10.0. The van der Waals surface area contributed by atoms with Crippen molar-refractivity contribution in [2.45, 2.75) is 89.8 Å². The molecule has 0 aromatic carbocycles. The summed E-state index contributed by atoms with van der Waals surface area (Å²) in [5.41, 5.74) is 1.44. The van der Waals surface area contributed by atoms with Gasteiger partial charge in [0.25, 0.3) is 0 Å². The number of hydrogen-bond acceptors (Lipinski definition) is 4. The summed E-state index contributed by atoms with van der Waals surface area (Å²) in [4.78, 5) is 11.9. The van der Waals surface area contributed by atoms with Crippen molar-refractivity contribution in [2.24, 2.45) is 11.8 Å². The number of thioether (sulfide) groups is 1. The van der Waals surface area contributed by atoms with E-state index in [1.807, 2.05) is 23.9 Å². The van der Waals surface area contributed by atoms with Crippen LogP contribution in [0.25, 0.3) is 0 Å². The molecule has 0 bridgehead atoms. The molecule has 0 amide bonds. The summed E-state index contributed by atoms with van der Waals surface area (Å²) in [6, 6.07) is 0. The maximum absolute atomic E-state index is 10.6. The number of carbonyl (C=O) groups is 1. The van der Waals surface area contributed by atoms with Crippen LogP contribution in [0.5, 0.6) is 0 Å². The summed E-state index contributed by atoms with van der Waals surface area (Å²) in [6.45, 7) is 2.16. The Morgan fingerprint density at radius 1 is 1.22 bits per heavy atom. The highest BCUT2D eigenvalue weighted by Crippen LogP contribution is 2.50. The van der Waals surface area contributed by atoms with Gasteiger partial charge in [0.2, 0.25) is 0 Å². The van der Waals surface area contributed by atoms with Gasteiger partial charge in [-0.2, -0.15) is 0 Å². The van der Waals surface area contributed by atoms with E-state index in [2.05, 4.69) is 6.92 Å². The summed E-state index contributed by atoms with van der Waals surface area (Å²) < 4.78 is 0. The van der Waals surface area contributed by atoms with E-state index in [0.717, 1.165) is 57.1 Å². The predicted octanol–water partition coefficient (Wildman–Crippen LogP) is 4.91. The molecule has 1 saturated carbocycles. The van der Waals surface area contributed by atoms with Crippen LogP contribution in [0.3, 0.4) is 0 Å². The lowest BCUT2D eigenvalue weighted by Gasteiger charge is -2.16. The van der Waals surface area contributed by atoms with Gasteiger partial charge in [-0.15, -0.1) is 11.8 Å². The van der Waals surface area contributed by atoms with Crippen LogP contribution >= 0.6 is 11.8 Å². The Balaban J connectivity index is 1.86. The highest BCUT2D eigenvalue weighted by atomic mass is 32.2. The lowest BCUT2D eigenvalue weighted by molar-refractivity contribution is -0.137. The average molecular weight is 397 g/mol. The zero-order valence-electron chi connectivity index (χ0n) is 16.6. The van der Waals surface area contributed by atoms with Crippen molar-refractivity contribution in [1.82, 2.24) is 0 Å². The monoisotopic (exact) mass is 396 g/mol. The van der Waals surface area contributed by atoms with E-state index in [0.29, 0.717) is 5.92 Å². The standard InChI is InChI=1S/C22H36O4S/c1-2-3-5-8-17(23)12-13-18-20(24)15-19(16-10-11-16)22(18)27-14-7-4-6-9-21(25)26/h12-13,16-18,20,23-24H,2-11,14-15H2,1H3,(H,25,26)/t17-,18-,20+/m0/s1. The molecule has 0 aliphatic heterocycles. The first-order valence-corrected chi connectivity index (χ1v) is 11.6. The smallest absolute Gasteiger partial charge is 0.303 e. The molecule has 0 spiro atoms. The average Bonchev–Trinajstić information content (AvgIpc) is 3.41. The fourth-order valence-electron chi connectivity index (χ4n) is 3.73. The van der Waals surface area contributed by atoms with Crippen LogP contribution in [0.2, 0.25) is 0 Å². The largest absolute Gasteiger partial charge is 0.481 e. The van der Waals surface area contributed by atoms with Crippen LogP contribution in [-0.2, 0) is 4.79 Å². The van der Waals surface area contributed by atoms with Crippen molar-refractivity contribution in [3.63, 3.8) is 0 Å². The molecular formula is C22H36O4S. The molecular weight excluding hydrogens is 360 g/mol. The molecule has 3 N–H and O–H groups in total. The number of aliphatic hydroxyl groups excluding tert-OH is 2. The zero-order chi connectivity index (χ0) is 19.6. The first-order valence-electron chi connectivity index (χ1n) is 10.6. The highest BCUT2D eigenvalue weighted by molar-refractivity contribution is 8.03. The van der Waals surface area contributed by atoms with Crippen LogP contribution in [0.1, 0.15) is 77.6 Å². The molecule has 0 unspecified atom stereocenters. The molecule has 0 aromatic rings. The Hall–Kier alpha value is -0.780. The molecule has 27 heavy (non-hydrogen) atoms. The SMILES string of the molecule is CCCCC[C@H](O)C=C[C@@H]1C(SCCCCCC(=O)O)=C(C2CC2)C[C@H]1O. The van der Waals surface area contributed by atoms with E-state index in [-0.39, 0.29) is 18.4 Å². The van der Waals surface area contributed by atoms with Gasteiger partial charge in [-0.3, -0.25) is 4.79 Å². The van der Waals surface area contributed by atoms with Crippen LogP contribution in [0, 0.1) is 11.8 Å². The summed E-state index contributed by atoms with van der Waals surface area (Å²) in [6.07, 6.45) is 13.4. The number of aliphatic hydroxyl groups is 2. The van der Waals surface area contributed by atoms with Gasteiger partial charge in [0.15, 0.2) is 0 Å². The molecule has 2 aliphatic rings. The minimum atomic E-state index is -0.719. The van der Waals surface area contributed by atoms with Gasteiger partial charge in [0, 0.05) is 12.3 Å². The Labute approximate surface area is 168 Å². The Bertz CT molecular complexity index is 524. The first-order chi connectivity index (χ1) is 13.0. The minimum Gasteiger partial charge on any atom is -0.481 e. The van der Waals surface area contributed by atoms with Crippen LogP contribution < -0.4 is 0 Å². The van der Waals surface area contributed by atoms with Crippen molar-refractivity contribution in [1.29, 1.82) is 0 Å². The molecule has 154 valence electrons. The third-order valence-corrected chi connectivity index (χ3v) is 6.81. The summed E-state index contributed by atoms with van der Waals surface area (Å²) >= 11 is 1.84. The van der Waals surface area contributed by atoms with Crippen molar-refractivity contribution in [2.75, 3.05) is 5.75 Å². The quantitative estimate of drug-likeness (QED) is 0.287. The fraction of sp³-hybridized carbons (Fsp3) is 0.773. The molecule has 0 radical (unpaired) electrons. The highest BCUT2D eigenvalue weighted by Gasteiger charge is 2.39. The topological polar surface area (TPSA) is 77.8 Å². The number of unbranched alkanes of at least 4 members (excludes halogenated alkanes) is 4. The van der Waals surface area contributed by atoms with E-state index >= 15 is 0 Å². The maximum Gasteiger partial charge on any atom is 0.303 e. The van der Waals surface area contributed by atoms with Gasteiger partial charge in [-0.05, 0) is 55.1 Å². The summed E-state index contributed by atoms with van der Waals surface area (Å²) in [7, 11) is 0. The van der Waals surface area contributed by atoms with Crippen LogP contribution in [0.4, 0.5) is 0 Å². The summed E-state index contributed by atoms with van der Waals surface area (Å²) in [5, 5.41) is 29.5. The molecule has 1 fully saturated rings. The predicted molar refractivity (Wildman–Crippen MR) is 112 cm³/mol. The van der Waals surface area contributed by atoms with Gasteiger partial charge in [0.1, 0.15) is 0 Å². The number of carboxylic acids is 1. The molecule has 0 saturated heterocycles. The van der Waals surface area contributed by atoms with Crippen molar-refractivity contribution < 1.29 is 20.1 Å². The second-order valence-corrected chi connectivity index (χ2v) is 9.10. The van der Waals surface area contributed by atoms with E-state index in [4.69, 9.17) is 5.11 Å². The second-order valence-electron chi connectivity index (χ2n) is 7.96. The minimum absolute atomic E-state index is 0.0189. The van der Waals surface area contributed by atoms with Crippen molar-refractivity contribution in [3.05, 3.63) is 22.6 Å². The third kappa shape index (κ3) is 8.00. The Kier molecular flexibility index (Phi) is 9.94. The number of rotatable bonds is 14. The van der Waals surface area contributed by atoms with Gasteiger partial charge < -0.3 is 15.3 Å². The molecule has 5 heteroatoms. The Morgan fingerprint density at radius 3 is 2.67 bits per heavy atom. The van der Waals surface area contributed by atoms with Crippen molar-refractivity contribution >= 4 is 17.7 Å². The van der Waals surface area contributed by atoms with E-state index < -0.39 is 12.1 Å². The number of aliphatic carboxylic acids is 1. The lowest BCUT2D eigenvalue weighted by Crippen LogP contribution is -2.14. The molecule has 2 rings (SSSR count). The third-order valence-electron chi connectivity index (χ3n) is 5.47. The van der Waals surface area contributed by atoms with Gasteiger partial charge >= 0.3 is 5.97 Å². The zero-order valence-corrected chi connectivity index (χ0v) is 17.4. The normalized spacial score (nSPS) is 24.1.